The topological polar surface area (TPSA) is 61.8 Å². The van der Waals surface area contributed by atoms with Crippen molar-refractivity contribution in [2.75, 3.05) is 6.54 Å². The first-order valence-electron chi connectivity index (χ1n) is 7.54. The summed E-state index contributed by atoms with van der Waals surface area (Å²) < 4.78 is 0. The van der Waals surface area contributed by atoms with E-state index >= 15 is 0 Å². The summed E-state index contributed by atoms with van der Waals surface area (Å²) in [6.45, 7) is 12.7. The molecule has 0 amide bonds. The number of nitrogens with zero attached hydrogens (tertiary/aromatic N) is 2. The average Bonchev–Trinajstić information content (AvgIpc) is 2.42. The number of hydrogen-bond acceptors (Lipinski definition) is 3. The van der Waals surface area contributed by atoms with Gasteiger partial charge >= 0.3 is 0 Å². The van der Waals surface area contributed by atoms with Gasteiger partial charge in [0, 0.05) is 25.6 Å². The van der Waals surface area contributed by atoms with Crippen LogP contribution in [0.1, 0.15) is 52.2 Å². The summed E-state index contributed by atoms with van der Waals surface area (Å²) in [5, 5.41) is 11.7. The Morgan fingerprint density at radius 3 is 2.24 bits per heavy atom. The molecule has 21 heavy (non-hydrogen) atoms. The van der Waals surface area contributed by atoms with E-state index in [2.05, 4.69) is 68.9 Å². The second-order valence-electron chi connectivity index (χ2n) is 6.85. The molecule has 0 saturated carbocycles. The van der Waals surface area contributed by atoms with Crippen molar-refractivity contribution in [1.29, 1.82) is 0 Å². The normalized spacial score (nSPS) is 13.2. The Morgan fingerprint density at radius 2 is 1.81 bits per heavy atom. The van der Waals surface area contributed by atoms with Crippen molar-refractivity contribution in [2.45, 2.75) is 59.0 Å². The number of hydrogen-bond donors (Lipinski definition) is 2. The van der Waals surface area contributed by atoms with Crippen LogP contribution in [0.15, 0.2) is 29.4 Å². The maximum absolute atomic E-state index is 8.63. The predicted octanol–water partition coefficient (Wildman–Crippen LogP) is 3.33. The summed E-state index contributed by atoms with van der Waals surface area (Å²) >= 11 is 0. The van der Waals surface area contributed by atoms with Crippen LogP contribution in [0.2, 0.25) is 0 Å². The van der Waals surface area contributed by atoms with Gasteiger partial charge in [-0.15, -0.1) is 0 Å². The Kier molecular flexibility index (Phi) is 6.21. The summed E-state index contributed by atoms with van der Waals surface area (Å²) in [5.74, 6) is 0.281. The molecule has 0 fully saturated rings. The zero-order valence-electron chi connectivity index (χ0n) is 13.9. The summed E-state index contributed by atoms with van der Waals surface area (Å²) in [5.41, 5.74) is 8.37. The molecule has 0 aliphatic heterocycles. The highest BCUT2D eigenvalue weighted by Crippen LogP contribution is 2.22. The van der Waals surface area contributed by atoms with Crippen molar-refractivity contribution in [3.05, 3.63) is 35.4 Å². The van der Waals surface area contributed by atoms with Gasteiger partial charge < -0.3 is 10.9 Å². The quantitative estimate of drug-likeness (QED) is 0.366. The van der Waals surface area contributed by atoms with Gasteiger partial charge in [-0.1, -0.05) is 50.2 Å². The largest absolute Gasteiger partial charge is 0.409 e. The van der Waals surface area contributed by atoms with Crippen LogP contribution in [0.4, 0.5) is 0 Å². The Morgan fingerprint density at radius 1 is 1.24 bits per heavy atom. The molecule has 3 N–H and O–H groups in total. The molecular weight excluding hydrogens is 262 g/mol. The highest BCUT2D eigenvalue weighted by Gasteiger charge is 2.14. The molecule has 0 unspecified atom stereocenters. The second-order valence-corrected chi connectivity index (χ2v) is 6.85. The predicted molar refractivity (Wildman–Crippen MR) is 88.7 cm³/mol. The van der Waals surface area contributed by atoms with Gasteiger partial charge in [-0.2, -0.15) is 0 Å². The van der Waals surface area contributed by atoms with E-state index in [1.54, 1.807) is 0 Å². The first-order chi connectivity index (χ1) is 9.74. The van der Waals surface area contributed by atoms with Crippen molar-refractivity contribution in [1.82, 2.24) is 4.90 Å². The third-order valence-electron chi connectivity index (χ3n) is 3.72. The molecule has 0 aromatic heterocycles. The molecule has 0 aliphatic carbocycles. The Balaban J connectivity index is 2.71. The van der Waals surface area contributed by atoms with E-state index < -0.39 is 0 Å². The third kappa shape index (κ3) is 5.76. The summed E-state index contributed by atoms with van der Waals surface area (Å²) in [7, 11) is 0. The van der Waals surface area contributed by atoms with E-state index in [4.69, 9.17) is 10.9 Å². The van der Waals surface area contributed by atoms with Crippen LogP contribution in [0.25, 0.3) is 0 Å². The number of amidine groups is 1. The first kappa shape index (κ1) is 17.5. The lowest BCUT2D eigenvalue weighted by Crippen LogP contribution is -2.33. The zero-order valence-corrected chi connectivity index (χ0v) is 13.9. The molecule has 4 heteroatoms. The van der Waals surface area contributed by atoms with Gasteiger partial charge in [-0.05, 0) is 30.4 Å². The van der Waals surface area contributed by atoms with Crippen LogP contribution < -0.4 is 5.73 Å². The third-order valence-corrected chi connectivity index (χ3v) is 3.72. The summed E-state index contributed by atoms with van der Waals surface area (Å²) in [6, 6.07) is 9.21. The second kappa shape index (κ2) is 7.46. The molecule has 0 atom stereocenters. The van der Waals surface area contributed by atoms with Crippen LogP contribution in [0.5, 0.6) is 0 Å². The SMILES string of the molecule is CC(C)N(CCC(N)=NO)Cc1ccc(C(C)(C)C)cc1. The lowest BCUT2D eigenvalue weighted by Gasteiger charge is -2.27. The molecule has 1 aromatic rings. The highest BCUT2D eigenvalue weighted by atomic mass is 16.4. The van der Waals surface area contributed by atoms with Gasteiger partial charge in [0.25, 0.3) is 0 Å². The lowest BCUT2D eigenvalue weighted by atomic mass is 9.87. The van der Waals surface area contributed by atoms with E-state index in [0.717, 1.165) is 13.1 Å². The molecule has 0 radical (unpaired) electrons. The van der Waals surface area contributed by atoms with Crippen molar-refractivity contribution >= 4 is 5.84 Å². The number of oxime groups is 1. The van der Waals surface area contributed by atoms with Crippen LogP contribution in [-0.2, 0) is 12.0 Å². The molecule has 0 heterocycles. The smallest absolute Gasteiger partial charge is 0.140 e. The highest BCUT2D eigenvalue weighted by molar-refractivity contribution is 5.79. The monoisotopic (exact) mass is 291 g/mol. The van der Waals surface area contributed by atoms with Gasteiger partial charge in [0.15, 0.2) is 0 Å². The fourth-order valence-corrected chi connectivity index (χ4v) is 2.17. The molecular formula is C17H29N3O. The van der Waals surface area contributed by atoms with E-state index in [-0.39, 0.29) is 11.3 Å². The van der Waals surface area contributed by atoms with E-state index in [1.165, 1.54) is 11.1 Å². The van der Waals surface area contributed by atoms with Crippen LogP contribution in [0, 0.1) is 0 Å². The van der Waals surface area contributed by atoms with Crippen molar-refractivity contribution in [2.24, 2.45) is 10.9 Å². The van der Waals surface area contributed by atoms with Crippen LogP contribution in [-0.4, -0.2) is 28.5 Å². The minimum Gasteiger partial charge on any atom is -0.409 e. The lowest BCUT2D eigenvalue weighted by molar-refractivity contribution is 0.218. The number of rotatable bonds is 6. The molecule has 0 aliphatic rings. The summed E-state index contributed by atoms with van der Waals surface area (Å²) in [4.78, 5) is 2.32. The minimum absolute atomic E-state index is 0.183. The van der Waals surface area contributed by atoms with E-state index in [9.17, 15) is 0 Å². The fourth-order valence-electron chi connectivity index (χ4n) is 2.17. The maximum atomic E-state index is 8.63. The van der Waals surface area contributed by atoms with Gasteiger partial charge in [-0.3, -0.25) is 4.90 Å². The van der Waals surface area contributed by atoms with Crippen LogP contribution >= 0.6 is 0 Å². The van der Waals surface area contributed by atoms with E-state index in [1.807, 2.05) is 0 Å². The maximum Gasteiger partial charge on any atom is 0.140 e. The molecule has 0 spiro atoms. The molecule has 1 aromatic carbocycles. The van der Waals surface area contributed by atoms with E-state index in [0.29, 0.717) is 12.5 Å². The minimum atomic E-state index is 0.183. The van der Waals surface area contributed by atoms with Crippen molar-refractivity contribution in [3.63, 3.8) is 0 Å². The molecule has 0 saturated heterocycles. The molecule has 1 rings (SSSR count). The van der Waals surface area contributed by atoms with Gasteiger partial charge in [0.2, 0.25) is 0 Å². The Labute approximate surface area is 128 Å². The van der Waals surface area contributed by atoms with Gasteiger partial charge in [0.05, 0.1) is 0 Å². The fraction of sp³-hybridized carbons (Fsp3) is 0.588. The van der Waals surface area contributed by atoms with Crippen molar-refractivity contribution in [3.8, 4) is 0 Å². The molecule has 0 bridgehead atoms. The first-order valence-corrected chi connectivity index (χ1v) is 7.54. The standard InChI is InChI=1S/C17H29N3O/c1-13(2)20(11-10-16(18)19-21)12-14-6-8-15(9-7-14)17(3,4)5/h6-9,13,21H,10-12H2,1-5H3,(H2,18,19). The molecule has 4 nitrogen and oxygen atoms in total. The van der Waals surface area contributed by atoms with Gasteiger partial charge in [-0.25, -0.2) is 0 Å². The van der Waals surface area contributed by atoms with Crippen LogP contribution in [0.3, 0.4) is 0 Å². The summed E-state index contributed by atoms with van der Waals surface area (Å²) in [6.07, 6.45) is 0.578. The average molecular weight is 291 g/mol. The van der Waals surface area contributed by atoms with Gasteiger partial charge in [0.1, 0.15) is 5.84 Å². The Bertz CT molecular complexity index is 458. The molecule has 118 valence electrons. The Hall–Kier alpha value is -1.55. The van der Waals surface area contributed by atoms with Crippen molar-refractivity contribution < 1.29 is 5.21 Å². The zero-order chi connectivity index (χ0) is 16.0. The number of nitrogens with two attached hydrogens (primary N) is 1. The number of benzene rings is 1.